The molecule has 70 valence electrons. The molecule has 0 radical (unpaired) electrons. The van der Waals surface area contributed by atoms with Gasteiger partial charge in [-0.3, -0.25) is 0 Å². The smallest absolute Gasteiger partial charge is 0.223 e. The minimum absolute atomic E-state index is 0.308. The van der Waals surface area contributed by atoms with Crippen LogP contribution in [-0.4, -0.2) is 22.8 Å². The molecule has 1 aromatic heterocycles. The molecule has 0 amide bonds. The van der Waals surface area contributed by atoms with Gasteiger partial charge in [0.2, 0.25) is 11.8 Å². The molecule has 4 nitrogen and oxygen atoms in total. The third-order valence-corrected chi connectivity index (χ3v) is 2.98. The summed E-state index contributed by atoms with van der Waals surface area (Å²) in [5.41, 5.74) is 7.70. The highest BCUT2D eigenvalue weighted by Gasteiger charge is 2.17. The summed E-state index contributed by atoms with van der Waals surface area (Å²) in [6.07, 6.45) is 0.961. The Morgan fingerprint density at radius 1 is 1.46 bits per heavy atom. The van der Waals surface area contributed by atoms with Crippen LogP contribution in [0.3, 0.4) is 0 Å². The molecular weight excluding hydrogens is 186 g/mol. The first-order chi connectivity index (χ1) is 6.31. The first-order valence-electron chi connectivity index (χ1n) is 4.08. The lowest BCUT2D eigenvalue weighted by Gasteiger charge is -2.16. The Balaban J connectivity index is 2.50. The van der Waals surface area contributed by atoms with Gasteiger partial charge in [0.1, 0.15) is 0 Å². The maximum atomic E-state index is 5.55. The fraction of sp³-hybridized carbons (Fsp3) is 0.500. The van der Waals surface area contributed by atoms with Gasteiger partial charge in [-0.1, -0.05) is 0 Å². The van der Waals surface area contributed by atoms with Crippen molar-refractivity contribution in [3.8, 4) is 5.88 Å². The monoisotopic (exact) mass is 197 g/mol. The zero-order chi connectivity index (χ0) is 9.26. The summed E-state index contributed by atoms with van der Waals surface area (Å²) in [5.74, 6) is 2.97. The zero-order valence-electron chi connectivity index (χ0n) is 7.41. The second kappa shape index (κ2) is 3.41. The molecule has 0 unspecified atom stereocenters. The number of anilines is 1. The van der Waals surface area contributed by atoms with Crippen LogP contribution in [0.25, 0.3) is 0 Å². The van der Waals surface area contributed by atoms with Crippen LogP contribution in [-0.2, 0) is 12.2 Å². The van der Waals surface area contributed by atoms with E-state index in [1.54, 1.807) is 7.11 Å². The molecule has 0 bridgehead atoms. The number of fused-ring (bicyclic) bond motifs is 1. The largest absolute Gasteiger partial charge is 0.481 e. The SMILES string of the molecule is COc1nc(N)nc2c1CSCC2. The van der Waals surface area contributed by atoms with Crippen molar-refractivity contribution in [1.29, 1.82) is 0 Å². The third-order valence-electron chi connectivity index (χ3n) is 2.00. The molecule has 5 heteroatoms. The second-order valence-corrected chi connectivity index (χ2v) is 3.92. The van der Waals surface area contributed by atoms with E-state index in [1.165, 1.54) is 0 Å². The van der Waals surface area contributed by atoms with Crippen LogP contribution in [0.2, 0.25) is 0 Å². The number of rotatable bonds is 1. The summed E-state index contributed by atoms with van der Waals surface area (Å²) >= 11 is 1.87. The minimum Gasteiger partial charge on any atom is -0.481 e. The number of nitrogens with two attached hydrogens (primary N) is 1. The van der Waals surface area contributed by atoms with Gasteiger partial charge < -0.3 is 10.5 Å². The summed E-state index contributed by atoms with van der Waals surface area (Å²) < 4.78 is 5.15. The molecule has 0 saturated heterocycles. The highest BCUT2D eigenvalue weighted by Crippen LogP contribution is 2.29. The van der Waals surface area contributed by atoms with Gasteiger partial charge in [-0.15, -0.1) is 0 Å². The van der Waals surface area contributed by atoms with Crippen molar-refractivity contribution in [3.05, 3.63) is 11.3 Å². The van der Waals surface area contributed by atoms with Crippen LogP contribution in [0, 0.1) is 0 Å². The quantitative estimate of drug-likeness (QED) is 0.723. The Morgan fingerprint density at radius 3 is 3.08 bits per heavy atom. The second-order valence-electron chi connectivity index (χ2n) is 2.82. The molecular formula is C8H11N3OS. The highest BCUT2D eigenvalue weighted by atomic mass is 32.2. The summed E-state index contributed by atoms with van der Waals surface area (Å²) in [6, 6.07) is 0. The van der Waals surface area contributed by atoms with Gasteiger partial charge in [0.15, 0.2) is 0 Å². The molecule has 0 saturated carbocycles. The van der Waals surface area contributed by atoms with E-state index < -0.39 is 0 Å². The maximum absolute atomic E-state index is 5.55. The van der Waals surface area contributed by atoms with Crippen LogP contribution in [0.4, 0.5) is 5.95 Å². The van der Waals surface area contributed by atoms with E-state index >= 15 is 0 Å². The standard InChI is InChI=1S/C8H11N3OS/c1-12-7-5-4-13-3-2-6(5)10-8(9)11-7/h2-4H2,1H3,(H2,9,10,11). The molecule has 13 heavy (non-hydrogen) atoms. The van der Waals surface area contributed by atoms with Crippen molar-refractivity contribution in [2.24, 2.45) is 0 Å². The molecule has 0 aromatic carbocycles. The minimum atomic E-state index is 0.308. The predicted molar refractivity (Wildman–Crippen MR) is 52.9 cm³/mol. The lowest BCUT2D eigenvalue weighted by Crippen LogP contribution is -2.11. The molecule has 1 aliphatic heterocycles. The topological polar surface area (TPSA) is 61.0 Å². The Bertz CT molecular complexity index is 312. The first-order valence-corrected chi connectivity index (χ1v) is 5.23. The molecule has 0 spiro atoms. The van der Waals surface area contributed by atoms with E-state index in [2.05, 4.69) is 9.97 Å². The van der Waals surface area contributed by atoms with Crippen LogP contribution >= 0.6 is 11.8 Å². The maximum Gasteiger partial charge on any atom is 0.223 e. The molecule has 2 heterocycles. The summed E-state index contributed by atoms with van der Waals surface area (Å²) in [6.45, 7) is 0. The van der Waals surface area contributed by atoms with E-state index in [1.807, 2.05) is 11.8 Å². The normalized spacial score (nSPS) is 15.2. The van der Waals surface area contributed by atoms with E-state index in [-0.39, 0.29) is 0 Å². The van der Waals surface area contributed by atoms with Gasteiger partial charge in [0.25, 0.3) is 0 Å². The number of aryl methyl sites for hydroxylation is 1. The lowest BCUT2D eigenvalue weighted by atomic mass is 10.2. The van der Waals surface area contributed by atoms with Crippen molar-refractivity contribution in [2.45, 2.75) is 12.2 Å². The van der Waals surface area contributed by atoms with E-state index in [9.17, 15) is 0 Å². The average molecular weight is 197 g/mol. The Morgan fingerprint density at radius 2 is 2.31 bits per heavy atom. The number of ether oxygens (including phenoxy) is 1. The molecule has 2 rings (SSSR count). The molecule has 2 N–H and O–H groups in total. The number of nitrogens with zero attached hydrogens (tertiary/aromatic N) is 2. The number of aromatic nitrogens is 2. The number of nitrogen functional groups attached to an aromatic ring is 1. The van der Waals surface area contributed by atoms with Gasteiger partial charge in [0.05, 0.1) is 12.8 Å². The third kappa shape index (κ3) is 1.56. The molecule has 0 atom stereocenters. The number of hydrogen-bond acceptors (Lipinski definition) is 5. The van der Waals surface area contributed by atoms with Crippen LogP contribution in [0.5, 0.6) is 5.88 Å². The van der Waals surface area contributed by atoms with E-state index in [0.717, 1.165) is 29.2 Å². The lowest BCUT2D eigenvalue weighted by molar-refractivity contribution is 0.392. The van der Waals surface area contributed by atoms with Gasteiger partial charge >= 0.3 is 0 Å². The summed E-state index contributed by atoms with van der Waals surface area (Å²) in [5, 5.41) is 0. The van der Waals surface area contributed by atoms with Crippen LogP contribution in [0.15, 0.2) is 0 Å². The van der Waals surface area contributed by atoms with Gasteiger partial charge in [0, 0.05) is 11.3 Å². The van der Waals surface area contributed by atoms with E-state index in [0.29, 0.717) is 11.8 Å². The molecule has 0 fully saturated rings. The molecule has 1 aliphatic rings. The Labute approximate surface area is 80.9 Å². The zero-order valence-corrected chi connectivity index (χ0v) is 8.23. The highest BCUT2D eigenvalue weighted by molar-refractivity contribution is 7.98. The predicted octanol–water partition coefficient (Wildman–Crippen LogP) is 0.857. The van der Waals surface area contributed by atoms with Gasteiger partial charge in [-0.05, 0) is 12.2 Å². The van der Waals surface area contributed by atoms with Crippen molar-refractivity contribution in [1.82, 2.24) is 9.97 Å². The number of thioether (sulfide) groups is 1. The fourth-order valence-corrected chi connectivity index (χ4v) is 2.37. The summed E-state index contributed by atoms with van der Waals surface area (Å²) in [4.78, 5) is 8.23. The first kappa shape index (κ1) is 8.62. The van der Waals surface area contributed by atoms with Crippen molar-refractivity contribution >= 4 is 17.7 Å². The number of methoxy groups -OCH3 is 1. The Kier molecular flexibility index (Phi) is 2.26. The fourth-order valence-electron chi connectivity index (χ4n) is 1.39. The summed E-state index contributed by atoms with van der Waals surface area (Å²) in [7, 11) is 1.61. The van der Waals surface area contributed by atoms with Crippen molar-refractivity contribution < 1.29 is 4.74 Å². The molecule has 0 aliphatic carbocycles. The number of hydrogen-bond donors (Lipinski definition) is 1. The van der Waals surface area contributed by atoms with Crippen molar-refractivity contribution in [2.75, 3.05) is 18.6 Å². The Hall–Kier alpha value is -0.970. The van der Waals surface area contributed by atoms with Gasteiger partial charge in [-0.25, -0.2) is 4.98 Å². The van der Waals surface area contributed by atoms with Crippen molar-refractivity contribution in [3.63, 3.8) is 0 Å². The van der Waals surface area contributed by atoms with Crippen LogP contribution in [0.1, 0.15) is 11.3 Å². The van der Waals surface area contributed by atoms with Crippen LogP contribution < -0.4 is 10.5 Å². The van der Waals surface area contributed by atoms with E-state index in [4.69, 9.17) is 10.5 Å². The average Bonchev–Trinajstić information content (AvgIpc) is 2.16. The molecule has 1 aromatic rings. The van der Waals surface area contributed by atoms with Gasteiger partial charge in [-0.2, -0.15) is 16.7 Å².